The number of nitrogens with zero attached hydrogens (tertiary/aromatic N) is 1. The standard InChI is InChI=1S/C9H18N2O3/c1-3-14-9(12)11(2)6-8-7-13-5-4-10-8/h8,10H,3-7H2,1-2H3. The second kappa shape index (κ2) is 5.82. The van der Waals surface area contributed by atoms with Crippen molar-refractivity contribution in [2.75, 3.05) is 40.0 Å². The second-order valence-electron chi connectivity index (χ2n) is 3.31. The molecule has 5 heteroatoms. The van der Waals surface area contributed by atoms with Crippen LogP contribution in [0.4, 0.5) is 4.79 Å². The Kier molecular flexibility index (Phi) is 4.69. The van der Waals surface area contributed by atoms with Gasteiger partial charge in [-0.3, -0.25) is 0 Å². The van der Waals surface area contributed by atoms with Crippen molar-refractivity contribution in [1.29, 1.82) is 0 Å². The van der Waals surface area contributed by atoms with E-state index in [-0.39, 0.29) is 12.1 Å². The maximum Gasteiger partial charge on any atom is 0.409 e. The third-order valence-electron chi connectivity index (χ3n) is 2.07. The first-order valence-corrected chi connectivity index (χ1v) is 4.93. The fraction of sp³-hybridized carbons (Fsp3) is 0.889. The molecule has 1 aliphatic heterocycles. The van der Waals surface area contributed by atoms with Gasteiger partial charge in [-0.05, 0) is 6.92 Å². The molecule has 1 rings (SSSR count). The zero-order valence-corrected chi connectivity index (χ0v) is 8.78. The van der Waals surface area contributed by atoms with Crippen LogP contribution in [0.1, 0.15) is 6.92 Å². The number of morpholine rings is 1. The number of likely N-dealkylation sites (N-methyl/N-ethyl adjacent to an activating group) is 1. The van der Waals surface area contributed by atoms with Crippen molar-refractivity contribution in [2.24, 2.45) is 0 Å². The third kappa shape index (κ3) is 3.51. The number of rotatable bonds is 3. The van der Waals surface area contributed by atoms with Crippen LogP contribution in [0.5, 0.6) is 0 Å². The SMILES string of the molecule is CCOC(=O)N(C)CC1COCCN1. The molecule has 5 nitrogen and oxygen atoms in total. The fourth-order valence-electron chi connectivity index (χ4n) is 1.38. The van der Waals surface area contributed by atoms with Gasteiger partial charge in [-0.15, -0.1) is 0 Å². The molecule has 0 aliphatic carbocycles. The maximum absolute atomic E-state index is 11.3. The van der Waals surface area contributed by atoms with Gasteiger partial charge in [0.15, 0.2) is 0 Å². The van der Waals surface area contributed by atoms with Gasteiger partial charge in [0, 0.05) is 26.2 Å². The molecule has 0 aromatic rings. The molecular formula is C9H18N2O3. The second-order valence-corrected chi connectivity index (χ2v) is 3.31. The minimum absolute atomic E-state index is 0.221. The van der Waals surface area contributed by atoms with E-state index in [2.05, 4.69) is 5.32 Å². The molecule has 82 valence electrons. The predicted octanol–water partition coefficient (Wildman–Crippen LogP) is 0.0631. The summed E-state index contributed by atoms with van der Waals surface area (Å²) in [6.45, 7) is 5.09. The normalized spacial score (nSPS) is 21.7. The van der Waals surface area contributed by atoms with Crippen LogP contribution >= 0.6 is 0 Å². The summed E-state index contributed by atoms with van der Waals surface area (Å²) in [5, 5.41) is 3.27. The first kappa shape index (κ1) is 11.3. The molecular weight excluding hydrogens is 184 g/mol. The van der Waals surface area contributed by atoms with Gasteiger partial charge in [0.05, 0.1) is 19.8 Å². The lowest BCUT2D eigenvalue weighted by atomic mass is 10.2. The highest BCUT2D eigenvalue weighted by atomic mass is 16.6. The summed E-state index contributed by atoms with van der Waals surface area (Å²) in [5.74, 6) is 0. The Morgan fingerprint density at radius 3 is 3.07 bits per heavy atom. The summed E-state index contributed by atoms with van der Waals surface area (Å²) in [5.41, 5.74) is 0. The van der Waals surface area contributed by atoms with Crippen molar-refractivity contribution in [1.82, 2.24) is 10.2 Å². The Hall–Kier alpha value is -0.810. The predicted molar refractivity (Wildman–Crippen MR) is 52.3 cm³/mol. The summed E-state index contributed by atoms with van der Waals surface area (Å²) >= 11 is 0. The fourth-order valence-corrected chi connectivity index (χ4v) is 1.38. The van der Waals surface area contributed by atoms with E-state index >= 15 is 0 Å². The first-order valence-electron chi connectivity index (χ1n) is 4.93. The van der Waals surface area contributed by atoms with Crippen LogP contribution in [0, 0.1) is 0 Å². The Morgan fingerprint density at radius 1 is 1.71 bits per heavy atom. The average molecular weight is 202 g/mol. The van der Waals surface area contributed by atoms with Crippen molar-refractivity contribution >= 4 is 6.09 Å². The lowest BCUT2D eigenvalue weighted by Crippen LogP contribution is -2.48. The van der Waals surface area contributed by atoms with Crippen molar-refractivity contribution < 1.29 is 14.3 Å². The minimum atomic E-state index is -0.278. The molecule has 1 saturated heterocycles. The van der Waals surface area contributed by atoms with E-state index in [9.17, 15) is 4.79 Å². The molecule has 14 heavy (non-hydrogen) atoms. The van der Waals surface area contributed by atoms with Gasteiger partial charge in [-0.2, -0.15) is 0 Å². The van der Waals surface area contributed by atoms with Crippen molar-refractivity contribution in [2.45, 2.75) is 13.0 Å². The largest absolute Gasteiger partial charge is 0.450 e. The van der Waals surface area contributed by atoms with Gasteiger partial charge < -0.3 is 19.7 Å². The van der Waals surface area contributed by atoms with Crippen LogP contribution in [0.3, 0.4) is 0 Å². The smallest absolute Gasteiger partial charge is 0.409 e. The molecule has 1 aliphatic rings. The van der Waals surface area contributed by atoms with Crippen LogP contribution < -0.4 is 5.32 Å². The molecule has 0 aromatic carbocycles. The lowest BCUT2D eigenvalue weighted by Gasteiger charge is -2.27. The van der Waals surface area contributed by atoms with Gasteiger partial charge in [0.2, 0.25) is 0 Å². The van der Waals surface area contributed by atoms with Gasteiger partial charge >= 0.3 is 6.09 Å². The van der Waals surface area contributed by atoms with Crippen molar-refractivity contribution in [3.05, 3.63) is 0 Å². The summed E-state index contributed by atoms with van der Waals surface area (Å²) in [7, 11) is 1.73. The average Bonchev–Trinajstić information content (AvgIpc) is 2.19. The number of carbonyl (C=O) groups excluding carboxylic acids is 1. The van der Waals surface area contributed by atoms with Gasteiger partial charge in [-0.25, -0.2) is 4.79 Å². The van der Waals surface area contributed by atoms with Crippen molar-refractivity contribution in [3.8, 4) is 0 Å². The number of amides is 1. The van der Waals surface area contributed by atoms with Crippen LogP contribution in [-0.2, 0) is 9.47 Å². The zero-order chi connectivity index (χ0) is 10.4. The highest BCUT2D eigenvalue weighted by molar-refractivity contribution is 5.67. The molecule has 0 spiro atoms. The van der Waals surface area contributed by atoms with Gasteiger partial charge in [-0.1, -0.05) is 0 Å². The highest BCUT2D eigenvalue weighted by Gasteiger charge is 2.18. The van der Waals surface area contributed by atoms with E-state index < -0.39 is 0 Å². The van der Waals surface area contributed by atoms with Crippen LogP contribution in [0.15, 0.2) is 0 Å². The van der Waals surface area contributed by atoms with Crippen LogP contribution in [-0.4, -0.2) is 57.0 Å². The van der Waals surface area contributed by atoms with E-state index in [1.165, 1.54) is 0 Å². The van der Waals surface area contributed by atoms with Gasteiger partial charge in [0.1, 0.15) is 0 Å². The molecule has 1 unspecified atom stereocenters. The first-order chi connectivity index (χ1) is 6.74. The summed E-state index contributed by atoms with van der Waals surface area (Å²) in [6.07, 6.45) is -0.278. The number of carbonyl (C=O) groups is 1. The lowest BCUT2D eigenvalue weighted by molar-refractivity contribution is 0.0598. The monoisotopic (exact) mass is 202 g/mol. The molecule has 0 saturated carbocycles. The molecule has 1 N–H and O–H groups in total. The van der Waals surface area contributed by atoms with E-state index in [0.29, 0.717) is 19.8 Å². The van der Waals surface area contributed by atoms with E-state index in [1.807, 2.05) is 0 Å². The van der Waals surface area contributed by atoms with Crippen LogP contribution in [0.25, 0.3) is 0 Å². The molecule has 1 fully saturated rings. The minimum Gasteiger partial charge on any atom is -0.450 e. The highest BCUT2D eigenvalue weighted by Crippen LogP contribution is 1.97. The Labute approximate surface area is 84.4 Å². The molecule has 1 amide bonds. The Morgan fingerprint density at radius 2 is 2.50 bits per heavy atom. The topological polar surface area (TPSA) is 50.8 Å². The molecule has 1 heterocycles. The Balaban J connectivity index is 2.24. The van der Waals surface area contributed by atoms with E-state index in [1.54, 1.807) is 18.9 Å². The summed E-state index contributed by atoms with van der Waals surface area (Å²) in [6, 6.07) is 0.221. The van der Waals surface area contributed by atoms with Crippen molar-refractivity contribution in [3.63, 3.8) is 0 Å². The number of ether oxygens (including phenoxy) is 2. The summed E-state index contributed by atoms with van der Waals surface area (Å²) in [4.78, 5) is 12.8. The zero-order valence-electron chi connectivity index (χ0n) is 8.78. The van der Waals surface area contributed by atoms with E-state index in [4.69, 9.17) is 9.47 Å². The molecule has 0 aromatic heterocycles. The van der Waals surface area contributed by atoms with Gasteiger partial charge in [0.25, 0.3) is 0 Å². The Bertz CT molecular complexity index is 181. The molecule has 0 bridgehead atoms. The number of hydrogen-bond acceptors (Lipinski definition) is 4. The molecule has 1 atom stereocenters. The van der Waals surface area contributed by atoms with Crippen LogP contribution in [0.2, 0.25) is 0 Å². The maximum atomic E-state index is 11.3. The molecule has 0 radical (unpaired) electrons. The van der Waals surface area contributed by atoms with E-state index in [0.717, 1.165) is 13.2 Å². The quantitative estimate of drug-likeness (QED) is 0.703. The third-order valence-corrected chi connectivity index (χ3v) is 2.07. The number of hydrogen-bond donors (Lipinski definition) is 1. The summed E-state index contributed by atoms with van der Waals surface area (Å²) < 4.78 is 10.1. The number of nitrogens with one attached hydrogen (secondary N) is 1.